The molecule has 0 fully saturated rings. The highest BCUT2D eigenvalue weighted by molar-refractivity contribution is 5.94. The number of alkyl halides is 3. The average Bonchev–Trinajstić information content (AvgIpc) is 2.15. The van der Waals surface area contributed by atoms with Crippen molar-refractivity contribution in [2.75, 3.05) is 0 Å². The Labute approximate surface area is 84.1 Å². The van der Waals surface area contributed by atoms with Crippen molar-refractivity contribution in [2.45, 2.75) is 19.0 Å². The van der Waals surface area contributed by atoms with Crippen molar-refractivity contribution in [3.63, 3.8) is 0 Å². The third-order valence-corrected chi connectivity index (χ3v) is 2.01. The first-order chi connectivity index (χ1) is 6.84. The highest BCUT2D eigenvalue weighted by Gasteiger charge is 2.39. The van der Waals surface area contributed by atoms with E-state index in [-0.39, 0.29) is 11.3 Å². The Kier molecular flexibility index (Phi) is 2.97. The van der Waals surface area contributed by atoms with Gasteiger partial charge in [-0.2, -0.15) is 13.2 Å². The van der Waals surface area contributed by atoms with Crippen LogP contribution in [0.5, 0.6) is 0 Å². The number of aromatic nitrogens is 1. The summed E-state index contributed by atoms with van der Waals surface area (Å²) < 4.78 is 37.2. The van der Waals surface area contributed by atoms with E-state index >= 15 is 0 Å². The number of amides is 1. The molecule has 0 unspecified atom stereocenters. The lowest BCUT2D eigenvalue weighted by atomic mass is 10.0. The van der Waals surface area contributed by atoms with Crippen LogP contribution in [0.25, 0.3) is 0 Å². The first kappa shape index (κ1) is 11.5. The maximum atomic E-state index is 12.4. The van der Waals surface area contributed by atoms with Gasteiger partial charge in [0.15, 0.2) is 0 Å². The summed E-state index contributed by atoms with van der Waals surface area (Å²) in [5.74, 6) is -2.71. The molecule has 0 aromatic carbocycles. The minimum absolute atomic E-state index is 0.192. The highest BCUT2D eigenvalue weighted by atomic mass is 19.4. The summed E-state index contributed by atoms with van der Waals surface area (Å²) in [4.78, 5) is 14.4. The van der Waals surface area contributed by atoms with E-state index < -0.39 is 18.0 Å². The molecule has 6 heteroatoms. The molecule has 0 spiro atoms. The predicted octanol–water partition coefficient (Wildman–Crippen LogP) is 1.85. The van der Waals surface area contributed by atoms with Gasteiger partial charge in [-0.1, -0.05) is 0 Å². The van der Waals surface area contributed by atoms with Crippen LogP contribution < -0.4 is 5.73 Å². The van der Waals surface area contributed by atoms with Gasteiger partial charge in [0.1, 0.15) is 0 Å². The molecule has 1 aromatic rings. The summed E-state index contributed by atoms with van der Waals surface area (Å²) in [6.07, 6.45) is -3.23. The number of primary amides is 1. The number of hydrogen-bond donors (Lipinski definition) is 1. The van der Waals surface area contributed by atoms with E-state index in [1.807, 2.05) is 0 Å². The molecule has 2 N–H and O–H groups in total. The lowest BCUT2D eigenvalue weighted by Gasteiger charge is -2.16. The lowest BCUT2D eigenvalue weighted by Crippen LogP contribution is -2.23. The van der Waals surface area contributed by atoms with E-state index in [1.54, 1.807) is 0 Å². The molecule has 1 amide bonds. The first-order valence-corrected chi connectivity index (χ1v) is 4.15. The van der Waals surface area contributed by atoms with Crippen LogP contribution in [0.15, 0.2) is 18.3 Å². The fraction of sp³-hybridized carbons (Fsp3) is 0.333. The lowest BCUT2D eigenvalue weighted by molar-refractivity contribution is -0.147. The van der Waals surface area contributed by atoms with Gasteiger partial charge in [-0.05, 0) is 19.1 Å². The number of carbonyl (C=O) groups is 1. The second-order valence-electron chi connectivity index (χ2n) is 3.06. The smallest absolute Gasteiger partial charge is 0.366 e. The van der Waals surface area contributed by atoms with Crippen molar-refractivity contribution in [1.29, 1.82) is 0 Å². The Balaban J connectivity index is 3.19. The number of nitrogens with zero attached hydrogens (tertiary/aromatic N) is 1. The highest BCUT2D eigenvalue weighted by Crippen LogP contribution is 2.34. The molecule has 0 aliphatic heterocycles. The minimum atomic E-state index is -4.43. The van der Waals surface area contributed by atoms with Crippen LogP contribution in [-0.4, -0.2) is 17.1 Å². The molecule has 1 aromatic heterocycles. The second kappa shape index (κ2) is 3.88. The number of hydrogen-bond acceptors (Lipinski definition) is 2. The molecule has 0 aliphatic rings. The number of carbonyl (C=O) groups excluding carboxylic acids is 1. The molecule has 0 saturated heterocycles. The molecule has 0 bridgehead atoms. The van der Waals surface area contributed by atoms with Crippen LogP contribution in [-0.2, 0) is 0 Å². The van der Waals surface area contributed by atoms with E-state index in [0.717, 1.165) is 6.92 Å². The molecule has 0 saturated carbocycles. The van der Waals surface area contributed by atoms with Crippen LogP contribution in [0.1, 0.15) is 28.9 Å². The van der Waals surface area contributed by atoms with Gasteiger partial charge in [-0.15, -0.1) is 0 Å². The largest absolute Gasteiger partial charge is 0.397 e. The Morgan fingerprint density at radius 3 is 2.60 bits per heavy atom. The van der Waals surface area contributed by atoms with Gasteiger partial charge < -0.3 is 5.73 Å². The molecule has 1 heterocycles. The summed E-state index contributed by atoms with van der Waals surface area (Å²) in [7, 11) is 0. The van der Waals surface area contributed by atoms with Gasteiger partial charge in [0.2, 0.25) is 0 Å². The van der Waals surface area contributed by atoms with Crippen LogP contribution in [0.4, 0.5) is 13.2 Å². The van der Waals surface area contributed by atoms with Gasteiger partial charge >= 0.3 is 6.18 Å². The fourth-order valence-corrected chi connectivity index (χ4v) is 1.13. The number of rotatable bonds is 2. The Hall–Kier alpha value is -1.59. The van der Waals surface area contributed by atoms with Crippen LogP contribution in [0.3, 0.4) is 0 Å². The van der Waals surface area contributed by atoms with Gasteiger partial charge in [0.25, 0.3) is 5.91 Å². The minimum Gasteiger partial charge on any atom is -0.366 e. The summed E-state index contributed by atoms with van der Waals surface area (Å²) in [5.41, 5.74) is 4.42. The van der Waals surface area contributed by atoms with Crippen molar-refractivity contribution in [3.05, 3.63) is 29.6 Å². The second-order valence-corrected chi connectivity index (χ2v) is 3.06. The number of halogens is 3. The maximum absolute atomic E-state index is 12.4. The predicted molar refractivity (Wildman–Crippen MR) is 47.2 cm³/mol. The third-order valence-electron chi connectivity index (χ3n) is 2.01. The molecular formula is C9H9F3N2O. The van der Waals surface area contributed by atoms with Crippen molar-refractivity contribution < 1.29 is 18.0 Å². The van der Waals surface area contributed by atoms with Gasteiger partial charge in [0, 0.05) is 6.20 Å². The monoisotopic (exact) mass is 218 g/mol. The zero-order chi connectivity index (χ0) is 11.6. The Morgan fingerprint density at radius 2 is 2.13 bits per heavy atom. The van der Waals surface area contributed by atoms with Gasteiger partial charge in [-0.3, -0.25) is 9.78 Å². The van der Waals surface area contributed by atoms with E-state index in [2.05, 4.69) is 4.98 Å². The van der Waals surface area contributed by atoms with E-state index in [0.29, 0.717) is 0 Å². The van der Waals surface area contributed by atoms with E-state index in [4.69, 9.17) is 5.73 Å². The van der Waals surface area contributed by atoms with Crippen LogP contribution >= 0.6 is 0 Å². The molecule has 1 atom stereocenters. The SMILES string of the molecule is C[C@@H](c1ncccc1C(N)=O)C(F)(F)F. The third kappa shape index (κ3) is 2.45. The molecule has 0 radical (unpaired) electrons. The van der Waals surface area contributed by atoms with Crippen molar-refractivity contribution in [2.24, 2.45) is 5.73 Å². The summed E-state index contributed by atoms with van der Waals surface area (Å²) in [6.45, 7) is 0.939. The molecule has 15 heavy (non-hydrogen) atoms. The number of nitrogens with two attached hydrogens (primary N) is 1. The maximum Gasteiger partial charge on any atom is 0.397 e. The van der Waals surface area contributed by atoms with Crippen LogP contribution in [0, 0.1) is 0 Å². The quantitative estimate of drug-likeness (QED) is 0.823. The Bertz CT molecular complexity index is 376. The summed E-state index contributed by atoms with van der Waals surface area (Å²) in [6, 6.07) is 2.60. The summed E-state index contributed by atoms with van der Waals surface area (Å²) in [5, 5.41) is 0. The molecule has 1 rings (SSSR count). The van der Waals surface area contributed by atoms with Crippen LogP contribution in [0.2, 0.25) is 0 Å². The zero-order valence-electron chi connectivity index (χ0n) is 7.88. The average molecular weight is 218 g/mol. The van der Waals surface area contributed by atoms with Crippen molar-refractivity contribution >= 4 is 5.91 Å². The standard InChI is InChI=1S/C9H9F3N2O/c1-5(9(10,11)12)7-6(8(13)15)3-2-4-14-7/h2-5H,1H3,(H2,13,15)/t5-/m0/s1. The normalized spacial score (nSPS) is 13.6. The zero-order valence-corrected chi connectivity index (χ0v) is 7.88. The van der Waals surface area contributed by atoms with E-state index in [1.165, 1.54) is 18.3 Å². The molecule has 82 valence electrons. The molecular weight excluding hydrogens is 209 g/mol. The number of pyridine rings is 1. The Morgan fingerprint density at radius 1 is 1.53 bits per heavy atom. The molecule has 0 aliphatic carbocycles. The van der Waals surface area contributed by atoms with Crippen molar-refractivity contribution in [3.8, 4) is 0 Å². The van der Waals surface area contributed by atoms with Crippen molar-refractivity contribution in [1.82, 2.24) is 4.98 Å². The topological polar surface area (TPSA) is 56.0 Å². The fourth-order valence-electron chi connectivity index (χ4n) is 1.13. The molecule has 3 nitrogen and oxygen atoms in total. The van der Waals surface area contributed by atoms with Gasteiger partial charge in [0.05, 0.1) is 17.2 Å². The summed E-state index contributed by atoms with van der Waals surface area (Å²) >= 11 is 0. The first-order valence-electron chi connectivity index (χ1n) is 4.15. The van der Waals surface area contributed by atoms with Gasteiger partial charge in [-0.25, -0.2) is 0 Å². The van der Waals surface area contributed by atoms with E-state index in [9.17, 15) is 18.0 Å².